The molecule has 1 heterocycles. The van der Waals surface area contributed by atoms with E-state index in [9.17, 15) is 4.79 Å². The molecule has 0 bridgehead atoms. The van der Waals surface area contributed by atoms with Crippen LogP contribution < -0.4 is 16.2 Å². The minimum Gasteiger partial charge on any atom is -0.491 e. The maximum absolute atomic E-state index is 11.2. The number of hydrogen-bond acceptors (Lipinski definition) is 4. The number of anilines is 1. The summed E-state index contributed by atoms with van der Waals surface area (Å²) in [7, 11) is 0. The van der Waals surface area contributed by atoms with Crippen molar-refractivity contribution in [2.75, 3.05) is 12.3 Å². The second kappa shape index (κ2) is 5.22. The average molecular weight is 246 g/mol. The lowest BCUT2D eigenvalue weighted by molar-refractivity contribution is 0.0996. The summed E-state index contributed by atoms with van der Waals surface area (Å²) in [4.78, 5) is 11.2. The van der Waals surface area contributed by atoms with E-state index in [1.807, 2.05) is 12.3 Å². The number of nitrogens with zero attached hydrogens (tertiary/aromatic N) is 2. The molecule has 0 aliphatic heterocycles. The first-order valence-electron chi connectivity index (χ1n) is 5.46. The van der Waals surface area contributed by atoms with Crippen LogP contribution in [0.3, 0.4) is 0 Å². The fraction of sp³-hybridized carbons (Fsp3) is 0.167. The second-order valence-corrected chi connectivity index (χ2v) is 3.74. The van der Waals surface area contributed by atoms with Gasteiger partial charge in [-0.2, -0.15) is 5.10 Å². The zero-order valence-electron chi connectivity index (χ0n) is 9.74. The largest absolute Gasteiger partial charge is 0.491 e. The van der Waals surface area contributed by atoms with Gasteiger partial charge in [-0.25, -0.2) is 0 Å². The maximum atomic E-state index is 11.2. The summed E-state index contributed by atoms with van der Waals surface area (Å²) in [6, 6.07) is 6.58. The molecule has 0 radical (unpaired) electrons. The normalized spacial score (nSPS) is 10.2. The third kappa shape index (κ3) is 2.79. The number of carbonyl (C=O) groups excluding carboxylic acids is 1. The topological polar surface area (TPSA) is 96.2 Å². The van der Waals surface area contributed by atoms with Gasteiger partial charge in [0.05, 0.1) is 12.1 Å². The Balaban J connectivity index is 2.03. The van der Waals surface area contributed by atoms with Crippen molar-refractivity contribution in [3.63, 3.8) is 0 Å². The van der Waals surface area contributed by atoms with Crippen LogP contribution >= 0.6 is 0 Å². The number of rotatable bonds is 5. The summed E-state index contributed by atoms with van der Waals surface area (Å²) in [5.74, 6) is -0.140. The lowest BCUT2D eigenvalue weighted by atomic mass is 10.2. The Morgan fingerprint density at radius 1 is 1.44 bits per heavy atom. The van der Waals surface area contributed by atoms with Crippen LogP contribution in [0.5, 0.6) is 5.75 Å². The van der Waals surface area contributed by atoms with Crippen LogP contribution in [0, 0.1) is 0 Å². The van der Waals surface area contributed by atoms with E-state index in [-0.39, 0.29) is 0 Å². The average Bonchev–Trinajstić information content (AvgIpc) is 2.82. The smallest absolute Gasteiger partial charge is 0.252 e. The molecule has 0 aliphatic rings. The first-order chi connectivity index (χ1) is 8.66. The molecule has 0 aliphatic carbocycles. The number of ether oxygens (including phenoxy) is 1. The van der Waals surface area contributed by atoms with Gasteiger partial charge in [-0.05, 0) is 18.2 Å². The first-order valence-corrected chi connectivity index (χ1v) is 5.46. The maximum Gasteiger partial charge on any atom is 0.252 e. The fourth-order valence-electron chi connectivity index (χ4n) is 1.54. The standard InChI is InChI=1S/C12H14N4O2/c13-9-2-3-10(12(14)17)11(8-9)18-7-6-16-5-1-4-15-16/h1-5,8H,6-7,13H2,(H2,14,17). The number of nitrogen functional groups attached to an aromatic ring is 1. The molecule has 1 amide bonds. The quantitative estimate of drug-likeness (QED) is 0.757. The van der Waals surface area contributed by atoms with Crippen LogP contribution in [0.25, 0.3) is 0 Å². The number of carbonyl (C=O) groups is 1. The summed E-state index contributed by atoms with van der Waals surface area (Å²) < 4.78 is 7.24. The summed E-state index contributed by atoms with van der Waals surface area (Å²) in [6.45, 7) is 0.964. The van der Waals surface area contributed by atoms with E-state index in [2.05, 4.69) is 5.10 Å². The van der Waals surface area contributed by atoms with Crippen LogP contribution in [0.2, 0.25) is 0 Å². The molecule has 0 fully saturated rings. The third-order valence-electron chi connectivity index (χ3n) is 2.41. The van der Waals surface area contributed by atoms with E-state index in [0.717, 1.165) is 0 Å². The van der Waals surface area contributed by atoms with Crippen molar-refractivity contribution in [3.05, 3.63) is 42.2 Å². The predicted molar refractivity (Wildman–Crippen MR) is 67.1 cm³/mol. The molecule has 0 saturated carbocycles. The highest BCUT2D eigenvalue weighted by atomic mass is 16.5. The van der Waals surface area contributed by atoms with Gasteiger partial charge in [0.2, 0.25) is 0 Å². The summed E-state index contributed by atoms with van der Waals surface area (Å²) in [5, 5.41) is 4.04. The van der Waals surface area contributed by atoms with Gasteiger partial charge in [0.25, 0.3) is 5.91 Å². The molecule has 0 atom stereocenters. The molecule has 1 aromatic carbocycles. The van der Waals surface area contributed by atoms with Gasteiger partial charge in [-0.3, -0.25) is 9.48 Å². The van der Waals surface area contributed by atoms with Crippen molar-refractivity contribution in [2.45, 2.75) is 6.54 Å². The molecule has 2 rings (SSSR count). The first kappa shape index (κ1) is 12.0. The van der Waals surface area contributed by atoms with Gasteiger partial charge in [0.1, 0.15) is 12.4 Å². The number of benzene rings is 1. The molecule has 0 unspecified atom stereocenters. The Kier molecular flexibility index (Phi) is 3.47. The number of nitrogens with two attached hydrogens (primary N) is 2. The van der Waals surface area contributed by atoms with Crippen molar-refractivity contribution in [1.29, 1.82) is 0 Å². The fourth-order valence-corrected chi connectivity index (χ4v) is 1.54. The number of amides is 1. The van der Waals surface area contributed by atoms with E-state index in [4.69, 9.17) is 16.2 Å². The Morgan fingerprint density at radius 2 is 2.28 bits per heavy atom. The van der Waals surface area contributed by atoms with Gasteiger partial charge in [-0.15, -0.1) is 0 Å². The zero-order chi connectivity index (χ0) is 13.0. The Labute approximate surface area is 104 Å². The number of primary amides is 1. The minimum atomic E-state index is -0.538. The van der Waals surface area contributed by atoms with Crippen LogP contribution in [-0.2, 0) is 6.54 Å². The highest BCUT2D eigenvalue weighted by Gasteiger charge is 2.09. The molecule has 2 aromatic rings. The van der Waals surface area contributed by atoms with E-state index in [0.29, 0.717) is 30.2 Å². The molecule has 18 heavy (non-hydrogen) atoms. The Morgan fingerprint density at radius 3 is 2.94 bits per heavy atom. The lowest BCUT2D eigenvalue weighted by Crippen LogP contribution is -2.15. The molecular weight excluding hydrogens is 232 g/mol. The molecule has 6 nitrogen and oxygen atoms in total. The molecule has 94 valence electrons. The SMILES string of the molecule is NC(=O)c1ccc(N)cc1OCCn1cccn1. The molecule has 0 saturated heterocycles. The van der Waals surface area contributed by atoms with Crippen molar-refractivity contribution in [1.82, 2.24) is 9.78 Å². The summed E-state index contributed by atoms with van der Waals surface area (Å²) in [5.41, 5.74) is 11.7. The second-order valence-electron chi connectivity index (χ2n) is 3.74. The zero-order valence-corrected chi connectivity index (χ0v) is 9.74. The minimum absolute atomic E-state index is 0.324. The van der Waals surface area contributed by atoms with E-state index >= 15 is 0 Å². The molecule has 1 aromatic heterocycles. The third-order valence-corrected chi connectivity index (χ3v) is 2.41. The Hall–Kier alpha value is -2.50. The van der Waals surface area contributed by atoms with Gasteiger partial charge < -0.3 is 16.2 Å². The van der Waals surface area contributed by atoms with Crippen molar-refractivity contribution in [2.24, 2.45) is 5.73 Å². The predicted octanol–water partition coefficient (Wildman–Crippen LogP) is 0.643. The Bertz CT molecular complexity index is 537. The summed E-state index contributed by atoms with van der Waals surface area (Å²) in [6.07, 6.45) is 3.52. The molecule has 0 spiro atoms. The van der Waals surface area contributed by atoms with Gasteiger partial charge >= 0.3 is 0 Å². The summed E-state index contributed by atoms with van der Waals surface area (Å²) >= 11 is 0. The van der Waals surface area contributed by atoms with Crippen molar-refractivity contribution in [3.8, 4) is 5.75 Å². The van der Waals surface area contributed by atoms with Crippen LogP contribution in [0.15, 0.2) is 36.7 Å². The highest BCUT2D eigenvalue weighted by Crippen LogP contribution is 2.21. The van der Waals surface area contributed by atoms with Gasteiger partial charge in [0.15, 0.2) is 0 Å². The van der Waals surface area contributed by atoms with Crippen LogP contribution in [0.1, 0.15) is 10.4 Å². The monoisotopic (exact) mass is 246 g/mol. The van der Waals surface area contributed by atoms with Crippen LogP contribution in [-0.4, -0.2) is 22.3 Å². The van der Waals surface area contributed by atoms with Gasteiger partial charge in [-0.1, -0.05) is 0 Å². The van der Waals surface area contributed by atoms with Crippen molar-refractivity contribution >= 4 is 11.6 Å². The number of aromatic nitrogens is 2. The van der Waals surface area contributed by atoms with Crippen LogP contribution in [0.4, 0.5) is 5.69 Å². The van der Waals surface area contributed by atoms with E-state index in [1.165, 1.54) is 0 Å². The molecular formula is C12H14N4O2. The molecule has 4 N–H and O–H groups in total. The number of hydrogen-bond donors (Lipinski definition) is 2. The van der Waals surface area contributed by atoms with Crippen molar-refractivity contribution < 1.29 is 9.53 Å². The van der Waals surface area contributed by atoms with Gasteiger partial charge in [0, 0.05) is 24.1 Å². The van der Waals surface area contributed by atoms with E-state index in [1.54, 1.807) is 29.1 Å². The molecule has 6 heteroatoms. The highest BCUT2D eigenvalue weighted by molar-refractivity contribution is 5.96. The lowest BCUT2D eigenvalue weighted by Gasteiger charge is -2.10. The van der Waals surface area contributed by atoms with E-state index < -0.39 is 5.91 Å².